The Morgan fingerprint density at radius 1 is 1.29 bits per heavy atom. The van der Waals surface area contributed by atoms with Gasteiger partial charge in [0.15, 0.2) is 0 Å². The number of carboxylic acids is 2. The summed E-state index contributed by atoms with van der Waals surface area (Å²) in [4.78, 5) is 21.2. The fourth-order valence-electron chi connectivity index (χ4n) is 1.25. The van der Waals surface area contributed by atoms with Crippen molar-refractivity contribution < 1.29 is 24.2 Å². The quantitative estimate of drug-likeness (QED) is 0.850. The SMILES string of the molecule is CC.O=C(O)CC(C(=O)O)c1cccc(F)c1. The van der Waals surface area contributed by atoms with Gasteiger partial charge >= 0.3 is 11.9 Å². The molecule has 0 aromatic heterocycles. The minimum Gasteiger partial charge on any atom is -0.481 e. The van der Waals surface area contributed by atoms with Crippen LogP contribution in [0.5, 0.6) is 0 Å². The first-order chi connectivity index (χ1) is 8.00. The molecule has 5 heteroatoms. The van der Waals surface area contributed by atoms with E-state index in [4.69, 9.17) is 10.2 Å². The second kappa shape index (κ2) is 7.38. The molecular formula is C12H15FO4. The highest BCUT2D eigenvalue weighted by atomic mass is 19.1. The monoisotopic (exact) mass is 242 g/mol. The number of carboxylic acid groups (broad SMARTS) is 2. The van der Waals surface area contributed by atoms with Gasteiger partial charge in [-0.05, 0) is 17.7 Å². The van der Waals surface area contributed by atoms with Gasteiger partial charge in [-0.15, -0.1) is 0 Å². The van der Waals surface area contributed by atoms with E-state index in [0.717, 1.165) is 6.07 Å². The highest BCUT2D eigenvalue weighted by molar-refractivity contribution is 5.82. The Kier molecular flexibility index (Phi) is 6.55. The van der Waals surface area contributed by atoms with Crippen molar-refractivity contribution in [1.82, 2.24) is 0 Å². The number of hydrogen-bond donors (Lipinski definition) is 2. The van der Waals surface area contributed by atoms with Crippen molar-refractivity contribution in [2.45, 2.75) is 26.2 Å². The standard InChI is InChI=1S/C10H9FO4.C2H6/c11-7-3-1-2-6(4-7)8(10(14)15)5-9(12)13;1-2/h1-4,8H,5H2,(H,12,13)(H,14,15);1-2H3. The van der Waals surface area contributed by atoms with Crippen LogP contribution in [0.3, 0.4) is 0 Å². The topological polar surface area (TPSA) is 74.6 Å². The van der Waals surface area contributed by atoms with Crippen LogP contribution in [-0.4, -0.2) is 22.2 Å². The molecule has 1 aromatic rings. The van der Waals surface area contributed by atoms with E-state index < -0.39 is 30.1 Å². The summed E-state index contributed by atoms with van der Waals surface area (Å²) in [6.45, 7) is 4.00. The molecule has 4 nitrogen and oxygen atoms in total. The Morgan fingerprint density at radius 3 is 2.29 bits per heavy atom. The maximum atomic E-state index is 12.8. The van der Waals surface area contributed by atoms with Crippen molar-refractivity contribution in [3.63, 3.8) is 0 Å². The Morgan fingerprint density at radius 2 is 1.88 bits per heavy atom. The molecule has 0 heterocycles. The lowest BCUT2D eigenvalue weighted by Gasteiger charge is -2.09. The van der Waals surface area contributed by atoms with Crippen molar-refractivity contribution in [3.8, 4) is 0 Å². The summed E-state index contributed by atoms with van der Waals surface area (Å²) in [6.07, 6.45) is -0.557. The molecule has 94 valence electrons. The molecule has 1 atom stereocenters. The van der Waals surface area contributed by atoms with Crippen LogP contribution in [0.1, 0.15) is 31.7 Å². The van der Waals surface area contributed by atoms with Crippen molar-refractivity contribution in [3.05, 3.63) is 35.6 Å². The third kappa shape index (κ3) is 5.10. The van der Waals surface area contributed by atoms with Gasteiger partial charge in [-0.3, -0.25) is 9.59 Å². The molecule has 0 aliphatic rings. The van der Waals surface area contributed by atoms with Crippen molar-refractivity contribution in [2.75, 3.05) is 0 Å². The molecule has 1 rings (SSSR count). The summed E-state index contributed by atoms with van der Waals surface area (Å²) < 4.78 is 12.8. The van der Waals surface area contributed by atoms with Gasteiger partial charge in [0.1, 0.15) is 5.82 Å². The normalized spacial score (nSPS) is 11.0. The van der Waals surface area contributed by atoms with Gasteiger partial charge in [-0.1, -0.05) is 26.0 Å². The van der Waals surface area contributed by atoms with Gasteiger partial charge in [0.05, 0.1) is 12.3 Å². The Labute approximate surface area is 98.7 Å². The highest BCUT2D eigenvalue weighted by Gasteiger charge is 2.23. The average Bonchev–Trinajstić information content (AvgIpc) is 2.28. The second-order valence-corrected chi connectivity index (χ2v) is 3.04. The largest absolute Gasteiger partial charge is 0.481 e. The van der Waals surface area contributed by atoms with Crippen LogP contribution in [0.4, 0.5) is 4.39 Å². The fraction of sp³-hybridized carbons (Fsp3) is 0.333. The smallest absolute Gasteiger partial charge is 0.311 e. The number of carbonyl (C=O) groups is 2. The molecule has 1 aromatic carbocycles. The van der Waals surface area contributed by atoms with E-state index in [1.165, 1.54) is 18.2 Å². The van der Waals surface area contributed by atoms with Crippen molar-refractivity contribution in [1.29, 1.82) is 0 Å². The maximum absolute atomic E-state index is 12.8. The van der Waals surface area contributed by atoms with E-state index in [-0.39, 0.29) is 5.56 Å². The third-order valence-corrected chi connectivity index (χ3v) is 1.93. The maximum Gasteiger partial charge on any atom is 0.311 e. The molecular weight excluding hydrogens is 227 g/mol. The second-order valence-electron chi connectivity index (χ2n) is 3.04. The molecule has 0 saturated heterocycles. The first kappa shape index (κ1) is 15.1. The zero-order valence-corrected chi connectivity index (χ0v) is 9.68. The molecule has 0 spiro atoms. The molecule has 2 N–H and O–H groups in total. The summed E-state index contributed by atoms with van der Waals surface area (Å²) in [6, 6.07) is 4.94. The Bertz CT molecular complexity index is 390. The minimum atomic E-state index is -1.27. The summed E-state index contributed by atoms with van der Waals surface area (Å²) in [5.74, 6) is -4.29. The lowest BCUT2D eigenvalue weighted by atomic mass is 9.96. The Hall–Kier alpha value is -1.91. The van der Waals surface area contributed by atoms with Gasteiger partial charge in [-0.25, -0.2) is 4.39 Å². The van der Waals surface area contributed by atoms with E-state index in [1.807, 2.05) is 13.8 Å². The van der Waals surface area contributed by atoms with E-state index in [1.54, 1.807) is 0 Å². The summed E-state index contributed by atoms with van der Waals surface area (Å²) in [5, 5.41) is 17.3. The van der Waals surface area contributed by atoms with Crippen LogP contribution in [0.15, 0.2) is 24.3 Å². The van der Waals surface area contributed by atoms with Crippen LogP contribution < -0.4 is 0 Å². The molecule has 0 bridgehead atoms. The van der Waals surface area contributed by atoms with Gasteiger partial charge in [0.2, 0.25) is 0 Å². The van der Waals surface area contributed by atoms with Gasteiger partial charge in [-0.2, -0.15) is 0 Å². The molecule has 0 amide bonds. The zero-order valence-electron chi connectivity index (χ0n) is 9.68. The molecule has 1 unspecified atom stereocenters. The van der Waals surface area contributed by atoms with Gasteiger partial charge < -0.3 is 10.2 Å². The molecule has 0 fully saturated rings. The Balaban J connectivity index is 0.00000121. The van der Waals surface area contributed by atoms with Crippen LogP contribution in [0.2, 0.25) is 0 Å². The summed E-state index contributed by atoms with van der Waals surface area (Å²) in [7, 11) is 0. The van der Waals surface area contributed by atoms with Gasteiger partial charge in [0.25, 0.3) is 0 Å². The molecule has 0 saturated carbocycles. The highest BCUT2D eigenvalue weighted by Crippen LogP contribution is 2.20. The number of halogens is 1. The summed E-state index contributed by atoms with van der Waals surface area (Å²) in [5.41, 5.74) is 0.157. The first-order valence-corrected chi connectivity index (χ1v) is 5.20. The molecule has 0 aliphatic carbocycles. The van der Waals surface area contributed by atoms with Crippen molar-refractivity contribution in [2.24, 2.45) is 0 Å². The van der Waals surface area contributed by atoms with Crippen LogP contribution in [0.25, 0.3) is 0 Å². The predicted molar refractivity (Wildman–Crippen MR) is 60.4 cm³/mol. The van der Waals surface area contributed by atoms with E-state index in [2.05, 4.69) is 0 Å². The van der Waals surface area contributed by atoms with Gasteiger partial charge in [0, 0.05) is 0 Å². The first-order valence-electron chi connectivity index (χ1n) is 5.20. The lowest BCUT2D eigenvalue weighted by Crippen LogP contribution is -2.15. The number of aliphatic carboxylic acids is 2. The average molecular weight is 242 g/mol. The van der Waals surface area contributed by atoms with Crippen LogP contribution in [-0.2, 0) is 9.59 Å². The minimum absolute atomic E-state index is 0.157. The molecule has 17 heavy (non-hydrogen) atoms. The van der Waals surface area contributed by atoms with E-state index in [0.29, 0.717) is 0 Å². The zero-order chi connectivity index (χ0) is 13.4. The lowest BCUT2D eigenvalue weighted by molar-refractivity contribution is -0.145. The van der Waals surface area contributed by atoms with Crippen LogP contribution in [0, 0.1) is 5.82 Å². The van der Waals surface area contributed by atoms with Crippen molar-refractivity contribution >= 4 is 11.9 Å². The number of rotatable bonds is 4. The number of benzene rings is 1. The summed E-state index contributed by atoms with van der Waals surface area (Å²) >= 11 is 0. The molecule has 0 radical (unpaired) electrons. The predicted octanol–water partition coefficient (Wildman–Crippen LogP) is 2.49. The van der Waals surface area contributed by atoms with Crippen LogP contribution >= 0.6 is 0 Å². The number of hydrogen-bond acceptors (Lipinski definition) is 2. The fourth-order valence-corrected chi connectivity index (χ4v) is 1.25. The third-order valence-electron chi connectivity index (χ3n) is 1.93. The molecule has 0 aliphatic heterocycles. The van der Waals surface area contributed by atoms with E-state index in [9.17, 15) is 14.0 Å². The van der Waals surface area contributed by atoms with E-state index >= 15 is 0 Å².